The van der Waals surface area contributed by atoms with Gasteiger partial charge in [0.05, 0.1) is 6.61 Å². The summed E-state index contributed by atoms with van der Waals surface area (Å²) in [4.78, 5) is 16.1. The quantitative estimate of drug-likeness (QED) is 0.529. The first-order valence-electron chi connectivity index (χ1n) is 4.34. The number of rotatable bonds is 5. The fraction of sp³-hybridized carbons (Fsp3) is 0.444. The molecule has 0 aromatic carbocycles. The van der Waals surface area contributed by atoms with Crippen LogP contribution in [-0.4, -0.2) is 17.7 Å². The lowest BCUT2D eigenvalue weighted by Gasteiger charge is -2.05. The Hall–Kier alpha value is -1.13. The van der Waals surface area contributed by atoms with Gasteiger partial charge in [0, 0.05) is 25.4 Å². The molecule has 4 nitrogen and oxygen atoms in total. The highest BCUT2D eigenvalue weighted by molar-refractivity contribution is 4.92. The second-order valence-electron chi connectivity index (χ2n) is 2.56. The van der Waals surface area contributed by atoms with Crippen molar-refractivity contribution in [3.05, 3.63) is 34.7 Å². The van der Waals surface area contributed by atoms with E-state index in [9.17, 15) is 4.79 Å². The van der Waals surface area contributed by atoms with Gasteiger partial charge in [0.15, 0.2) is 0 Å². The summed E-state index contributed by atoms with van der Waals surface area (Å²) in [5.74, 6) is 0. The lowest BCUT2D eigenvalue weighted by atomic mass is 10.4. The third-order valence-corrected chi connectivity index (χ3v) is 1.60. The molecular weight excluding hydrogens is 168 g/mol. The van der Waals surface area contributed by atoms with Crippen molar-refractivity contribution in [2.75, 3.05) is 13.2 Å². The Bertz CT molecular complexity index is 296. The normalized spacial score (nSPS) is 10.2. The summed E-state index contributed by atoms with van der Waals surface area (Å²) in [6, 6.07) is 5.11. The van der Waals surface area contributed by atoms with E-state index >= 15 is 0 Å². The molecule has 0 aliphatic rings. The van der Waals surface area contributed by atoms with Crippen LogP contribution in [0.4, 0.5) is 0 Å². The maximum absolute atomic E-state index is 11.2. The summed E-state index contributed by atoms with van der Waals surface area (Å²) in [5, 5.41) is 0. The van der Waals surface area contributed by atoms with Crippen LogP contribution in [0.2, 0.25) is 0 Å². The average Bonchev–Trinajstić information content (AvgIpc) is 2.15. The van der Waals surface area contributed by atoms with Gasteiger partial charge in [0.1, 0.15) is 0 Å². The van der Waals surface area contributed by atoms with Gasteiger partial charge in [-0.25, -0.2) is 5.48 Å². The molecule has 0 unspecified atom stereocenters. The topological polar surface area (TPSA) is 43.3 Å². The van der Waals surface area contributed by atoms with E-state index in [1.54, 1.807) is 22.9 Å². The van der Waals surface area contributed by atoms with Crippen molar-refractivity contribution < 1.29 is 4.84 Å². The van der Waals surface area contributed by atoms with Crippen LogP contribution in [0.15, 0.2) is 29.2 Å². The first-order chi connectivity index (χ1) is 6.34. The van der Waals surface area contributed by atoms with Crippen LogP contribution < -0.4 is 11.0 Å². The summed E-state index contributed by atoms with van der Waals surface area (Å²) < 4.78 is 1.63. The summed E-state index contributed by atoms with van der Waals surface area (Å²) in [6.07, 6.45) is 1.76. The summed E-state index contributed by atoms with van der Waals surface area (Å²) in [7, 11) is 0. The van der Waals surface area contributed by atoms with Crippen molar-refractivity contribution in [2.45, 2.75) is 13.5 Å². The SMILES string of the molecule is CCONCCn1ccccc1=O. The van der Waals surface area contributed by atoms with Crippen molar-refractivity contribution in [3.8, 4) is 0 Å². The molecule has 13 heavy (non-hydrogen) atoms. The van der Waals surface area contributed by atoms with Crippen molar-refractivity contribution in [1.82, 2.24) is 10.0 Å². The molecule has 4 heteroatoms. The van der Waals surface area contributed by atoms with Gasteiger partial charge in [-0.2, -0.15) is 0 Å². The van der Waals surface area contributed by atoms with Crippen molar-refractivity contribution in [3.63, 3.8) is 0 Å². The van der Waals surface area contributed by atoms with Gasteiger partial charge in [0.2, 0.25) is 0 Å². The van der Waals surface area contributed by atoms with E-state index in [0.717, 1.165) is 0 Å². The molecule has 1 N–H and O–H groups in total. The second-order valence-corrected chi connectivity index (χ2v) is 2.56. The third-order valence-electron chi connectivity index (χ3n) is 1.60. The molecule has 72 valence electrons. The number of nitrogens with zero attached hydrogens (tertiary/aromatic N) is 1. The third kappa shape index (κ3) is 3.40. The van der Waals surface area contributed by atoms with Gasteiger partial charge in [-0.3, -0.25) is 4.79 Å². The van der Waals surface area contributed by atoms with Gasteiger partial charge in [-0.1, -0.05) is 6.07 Å². The molecule has 0 aliphatic heterocycles. The van der Waals surface area contributed by atoms with E-state index in [4.69, 9.17) is 4.84 Å². The maximum Gasteiger partial charge on any atom is 0.250 e. The van der Waals surface area contributed by atoms with Gasteiger partial charge < -0.3 is 9.40 Å². The minimum absolute atomic E-state index is 0.0146. The van der Waals surface area contributed by atoms with Crippen LogP contribution in [0.1, 0.15) is 6.92 Å². The van der Waals surface area contributed by atoms with E-state index in [0.29, 0.717) is 19.7 Å². The van der Waals surface area contributed by atoms with Gasteiger partial charge in [-0.15, -0.1) is 0 Å². The molecule has 0 saturated carbocycles. The molecule has 0 fully saturated rings. The van der Waals surface area contributed by atoms with Gasteiger partial charge in [-0.05, 0) is 13.0 Å². The molecule has 0 aliphatic carbocycles. The standard InChI is InChI=1S/C9H14N2O2/c1-2-13-10-6-8-11-7-4-3-5-9(11)12/h3-5,7,10H,2,6,8H2,1H3. The first kappa shape index (κ1) is 9.95. The van der Waals surface area contributed by atoms with Crippen LogP contribution >= 0.6 is 0 Å². The maximum atomic E-state index is 11.2. The predicted octanol–water partition coefficient (Wildman–Crippen LogP) is 0.389. The molecule has 0 radical (unpaired) electrons. The Morgan fingerprint density at radius 1 is 1.54 bits per heavy atom. The zero-order valence-electron chi connectivity index (χ0n) is 7.69. The summed E-state index contributed by atoms with van der Waals surface area (Å²) in [6.45, 7) is 3.79. The smallest absolute Gasteiger partial charge is 0.250 e. The lowest BCUT2D eigenvalue weighted by Crippen LogP contribution is -2.26. The highest BCUT2D eigenvalue weighted by atomic mass is 16.6. The molecular formula is C9H14N2O2. The summed E-state index contributed by atoms with van der Waals surface area (Å²) in [5.41, 5.74) is 2.77. The number of aromatic nitrogens is 1. The van der Waals surface area contributed by atoms with Crippen LogP contribution in [0.3, 0.4) is 0 Å². The van der Waals surface area contributed by atoms with Gasteiger partial charge >= 0.3 is 0 Å². The Morgan fingerprint density at radius 3 is 3.08 bits per heavy atom. The number of hydrogen-bond donors (Lipinski definition) is 1. The Morgan fingerprint density at radius 2 is 2.38 bits per heavy atom. The number of pyridine rings is 1. The minimum Gasteiger partial charge on any atom is -0.314 e. The Balaban J connectivity index is 2.37. The lowest BCUT2D eigenvalue weighted by molar-refractivity contribution is 0.0489. The first-order valence-corrected chi connectivity index (χ1v) is 4.34. The molecule has 1 aromatic rings. The van der Waals surface area contributed by atoms with E-state index in [2.05, 4.69) is 5.48 Å². The van der Waals surface area contributed by atoms with Crippen LogP contribution in [0.5, 0.6) is 0 Å². The molecule has 1 aromatic heterocycles. The van der Waals surface area contributed by atoms with Crippen molar-refractivity contribution in [2.24, 2.45) is 0 Å². The molecule has 0 atom stereocenters. The van der Waals surface area contributed by atoms with E-state index in [-0.39, 0.29) is 5.56 Å². The van der Waals surface area contributed by atoms with E-state index in [1.165, 1.54) is 0 Å². The van der Waals surface area contributed by atoms with Crippen LogP contribution in [0.25, 0.3) is 0 Å². The van der Waals surface area contributed by atoms with E-state index < -0.39 is 0 Å². The van der Waals surface area contributed by atoms with Gasteiger partial charge in [0.25, 0.3) is 5.56 Å². The molecule has 0 amide bonds. The molecule has 0 saturated heterocycles. The number of hydrogen-bond acceptors (Lipinski definition) is 3. The van der Waals surface area contributed by atoms with Crippen LogP contribution in [-0.2, 0) is 11.4 Å². The second kappa shape index (κ2) is 5.50. The largest absolute Gasteiger partial charge is 0.314 e. The predicted molar refractivity (Wildman–Crippen MR) is 50.3 cm³/mol. The highest BCUT2D eigenvalue weighted by Gasteiger charge is 1.91. The highest BCUT2D eigenvalue weighted by Crippen LogP contribution is 1.80. The van der Waals surface area contributed by atoms with Crippen molar-refractivity contribution in [1.29, 1.82) is 0 Å². The molecule has 1 heterocycles. The Kier molecular flexibility index (Phi) is 4.21. The van der Waals surface area contributed by atoms with Crippen LogP contribution in [0, 0.1) is 0 Å². The number of hydroxylamine groups is 1. The molecule has 0 spiro atoms. The fourth-order valence-electron chi connectivity index (χ4n) is 0.986. The minimum atomic E-state index is 0.0146. The van der Waals surface area contributed by atoms with E-state index in [1.807, 2.05) is 13.0 Å². The average molecular weight is 182 g/mol. The Labute approximate surface area is 77.1 Å². The zero-order valence-corrected chi connectivity index (χ0v) is 7.69. The molecule has 0 bridgehead atoms. The zero-order chi connectivity index (χ0) is 9.52. The number of nitrogens with one attached hydrogen (secondary N) is 1. The fourth-order valence-corrected chi connectivity index (χ4v) is 0.986. The summed E-state index contributed by atoms with van der Waals surface area (Å²) >= 11 is 0. The monoisotopic (exact) mass is 182 g/mol. The molecule has 1 rings (SSSR count). The van der Waals surface area contributed by atoms with Crippen molar-refractivity contribution >= 4 is 0 Å².